The van der Waals surface area contributed by atoms with Crippen LogP contribution in [0.2, 0.25) is 0 Å². The molecule has 9 nitrogen and oxygen atoms in total. The lowest BCUT2D eigenvalue weighted by Gasteiger charge is -2.31. The average molecular weight is 258 g/mol. The zero-order chi connectivity index (χ0) is 12.9. The fourth-order valence-electron chi connectivity index (χ4n) is 0.776. The van der Waals surface area contributed by atoms with Crippen LogP contribution in [0.1, 0.15) is 0 Å². The van der Waals surface area contributed by atoms with E-state index in [1.54, 1.807) is 0 Å². The van der Waals surface area contributed by atoms with E-state index in [0.29, 0.717) is 0 Å². The Labute approximate surface area is 90.2 Å². The smallest absolute Gasteiger partial charge is 0.151 e. The largest absolute Gasteiger partial charge is 0.790 e. The van der Waals surface area contributed by atoms with Gasteiger partial charge in [0.05, 0.1) is 14.4 Å². The molecule has 16 heavy (non-hydrogen) atoms. The van der Waals surface area contributed by atoms with Crippen LogP contribution in [0.15, 0.2) is 0 Å². The van der Waals surface area contributed by atoms with Crippen molar-refractivity contribution >= 4 is 14.1 Å². The highest BCUT2D eigenvalue weighted by atomic mass is 31.2. The summed E-state index contributed by atoms with van der Waals surface area (Å²) in [6, 6.07) is 0. The molecule has 0 heterocycles. The Morgan fingerprint density at radius 2 is 1.69 bits per heavy atom. The molecule has 10 heteroatoms. The first-order valence-electron chi connectivity index (χ1n) is 4.03. The van der Waals surface area contributed by atoms with E-state index in [9.17, 15) is 19.1 Å². The Balaban J connectivity index is 4.22. The maximum absolute atomic E-state index is 10.0. The van der Waals surface area contributed by atoms with E-state index >= 15 is 0 Å². The summed E-state index contributed by atoms with van der Waals surface area (Å²) in [7, 11) is -5.30. The summed E-state index contributed by atoms with van der Waals surface area (Å²) >= 11 is 0. The van der Waals surface area contributed by atoms with Crippen molar-refractivity contribution in [2.24, 2.45) is 0 Å². The maximum atomic E-state index is 10.0. The van der Waals surface area contributed by atoms with Gasteiger partial charge in [0.25, 0.3) is 0 Å². The van der Waals surface area contributed by atoms with Gasteiger partial charge in [-0.05, 0) is 0 Å². The Morgan fingerprint density at radius 1 is 1.19 bits per heavy atom. The summed E-state index contributed by atoms with van der Waals surface area (Å²) in [6.07, 6.45) is -8.04. The van der Waals surface area contributed by atoms with Gasteiger partial charge in [-0.25, -0.2) is 0 Å². The molecule has 0 aliphatic rings. The van der Waals surface area contributed by atoms with Crippen LogP contribution in [0.5, 0.6) is 0 Å². The second-order valence-corrected chi connectivity index (χ2v) is 4.07. The van der Waals surface area contributed by atoms with Gasteiger partial charge in [-0.2, -0.15) is 0 Å². The van der Waals surface area contributed by atoms with E-state index in [4.69, 9.17) is 20.4 Å². The number of hydrogen-bond donors (Lipinski definition) is 4. The molecular formula is C6H11O9P-2. The zero-order valence-electron chi connectivity index (χ0n) is 7.87. The normalized spacial score (nSPS) is 19.9. The highest BCUT2D eigenvalue weighted by Gasteiger charge is 2.30. The van der Waals surface area contributed by atoms with Crippen LogP contribution in [0.4, 0.5) is 0 Å². The Kier molecular flexibility index (Phi) is 6.23. The Bertz CT molecular complexity index is 263. The maximum Gasteiger partial charge on any atom is 0.151 e. The average Bonchev–Trinajstić information content (AvgIpc) is 2.21. The molecule has 0 unspecified atom stereocenters. The summed E-state index contributed by atoms with van der Waals surface area (Å²) in [4.78, 5) is 30.0. The summed E-state index contributed by atoms with van der Waals surface area (Å²) in [6.45, 7) is -1.09. The number of hydrogen-bond acceptors (Lipinski definition) is 9. The summed E-state index contributed by atoms with van der Waals surface area (Å²) < 4.78 is 13.6. The van der Waals surface area contributed by atoms with Gasteiger partial charge in [0.2, 0.25) is 0 Å². The molecule has 0 aromatic heterocycles. The van der Waals surface area contributed by atoms with E-state index in [1.165, 1.54) is 0 Å². The minimum Gasteiger partial charge on any atom is -0.790 e. The van der Waals surface area contributed by atoms with Crippen molar-refractivity contribution in [3.63, 3.8) is 0 Å². The van der Waals surface area contributed by atoms with E-state index in [1.807, 2.05) is 0 Å². The van der Waals surface area contributed by atoms with Gasteiger partial charge in [-0.15, -0.1) is 0 Å². The van der Waals surface area contributed by atoms with Crippen molar-refractivity contribution in [3.8, 4) is 0 Å². The standard InChI is InChI=1S/C6H13O9P/c7-1-3(8)5(10)6(11)4(9)2-15-16(12,13)14/h1,3-6,8-11H,2H2,(H2,12,13,14)/p-2/t3-,4+,5-,6+/m0/s1. The van der Waals surface area contributed by atoms with Gasteiger partial charge in [-0.1, -0.05) is 0 Å². The number of aliphatic hydroxyl groups excluding tert-OH is 4. The molecule has 0 aliphatic heterocycles. The molecule has 0 amide bonds. The van der Waals surface area contributed by atoms with Gasteiger partial charge >= 0.3 is 0 Å². The third kappa shape index (κ3) is 5.64. The molecule has 0 fully saturated rings. The van der Waals surface area contributed by atoms with Crippen molar-refractivity contribution < 1.29 is 44.1 Å². The Morgan fingerprint density at radius 3 is 2.06 bits per heavy atom. The lowest BCUT2D eigenvalue weighted by atomic mass is 10.0. The van der Waals surface area contributed by atoms with Crippen molar-refractivity contribution in [2.75, 3.05) is 6.61 Å². The van der Waals surface area contributed by atoms with E-state index in [-0.39, 0.29) is 6.29 Å². The zero-order valence-corrected chi connectivity index (χ0v) is 8.77. The predicted molar refractivity (Wildman–Crippen MR) is 43.6 cm³/mol. The number of aliphatic hydroxyl groups is 4. The number of phosphoric ester groups is 1. The first kappa shape index (κ1) is 15.6. The van der Waals surface area contributed by atoms with Gasteiger partial charge in [0.15, 0.2) is 6.29 Å². The molecule has 0 saturated carbocycles. The second kappa shape index (κ2) is 6.38. The van der Waals surface area contributed by atoms with Crippen molar-refractivity contribution in [2.45, 2.75) is 24.4 Å². The van der Waals surface area contributed by atoms with E-state index in [0.717, 1.165) is 0 Å². The van der Waals surface area contributed by atoms with Crippen LogP contribution in [-0.4, -0.2) is 57.7 Å². The molecule has 0 rings (SSSR count). The molecule has 0 aromatic rings. The highest BCUT2D eigenvalue weighted by Crippen LogP contribution is 2.24. The third-order valence-corrected chi connectivity index (χ3v) is 2.10. The predicted octanol–water partition coefficient (Wildman–Crippen LogP) is -4.53. The molecular weight excluding hydrogens is 247 g/mol. The molecule has 96 valence electrons. The molecule has 0 bridgehead atoms. The van der Waals surface area contributed by atoms with Crippen LogP contribution >= 0.6 is 7.82 Å². The van der Waals surface area contributed by atoms with Crippen molar-refractivity contribution in [3.05, 3.63) is 0 Å². The topological polar surface area (TPSA) is 170 Å². The fourth-order valence-corrected chi connectivity index (χ4v) is 1.11. The molecule has 4 atom stereocenters. The van der Waals surface area contributed by atoms with Crippen LogP contribution < -0.4 is 9.79 Å². The molecule has 0 spiro atoms. The number of carbonyl (C=O) groups excluding carboxylic acids is 1. The second-order valence-electron chi connectivity index (χ2n) is 2.92. The molecule has 4 N–H and O–H groups in total. The van der Waals surface area contributed by atoms with Crippen molar-refractivity contribution in [1.82, 2.24) is 0 Å². The number of rotatable bonds is 7. The van der Waals surface area contributed by atoms with Gasteiger partial charge < -0.3 is 44.1 Å². The molecule has 0 aromatic carbocycles. The van der Waals surface area contributed by atoms with Crippen LogP contribution in [0.25, 0.3) is 0 Å². The molecule has 0 radical (unpaired) electrons. The van der Waals surface area contributed by atoms with Crippen LogP contribution in [0.3, 0.4) is 0 Å². The fraction of sp³-hybridized carbons (Fsp3) is 0.833. The van der Waals surface area contributed by atoms with Gasteiger partial charge in [-0.3, -0.25) is 0 Å². The lowest BCUT2D eigenvalue weighted by molar-refractivity contribution is -0.343. The van der Waals surface area contributed by atoms with Crippen LogP contribution in [0, 0.1) is 0 Å². The number of aldehydes is 1. The minimum absolute atomic E-state index is 0.0897. The summed E-state index contributed by atoms with van der Waals surface area (Å²) in [5.41, 5.74) is 0. The molecule has 0 aliphatic carbocycles. The van der Waals surface area contributed by atoms with Gasteiger partial charge in [0, 0.05) is 0 Å². The summed E-state index contributed by atoms with van der Waals surface area (Å²) in [5.74, 6) is 0. The number of phosphoric acid groups is 1. The summed E-state index contributed by atoms with van der Waals surface area (Å²) in [5, 5.41) is 35.9. The van der Waals surface area contributed by atoms with Gasteiger partial charge in [0.1, 0.15) is 24.4 Å². The van der Waals surface area contributed by atoms with E-state index < -0.39 is 38.8 Å². The lowest BCUT2D eigenvalue weighted by Crippen LogP contribution is -2.46. The van der Waals surface area contributed by atoms with Crippen LogP contribution in [-0.2, 0) is 13.9 Å². The highest BCUT2D eigenvalue weighted by molar-refractivity contribution is 7.43. The quantitative estimate of drug-likeness (QED) is 0.259. The molecule has 0 saturated heterocycles. The van der Waals surface area contributed by atoms with Crippen molar-refractivity contribution in [1.29, 1.82) is 0 Å². The minimum atomic E-state index is -5.30. The number of carbonyl (C=O) groups is 1. The Hall–Kier alpha value is -0.380. The van der Waals surface area contributed by atoms with E-state index in [2.05, 4.69) is 4.52 Å². The monoisotopic (exact) mass is 258 g/mol. The third-order valence-electron chi connectivity index (χ3n) is 1.64. The first-order chi connectivity index (χ1) is 7.19. The SMILES string of the molecule is O=C[C@H](O)[C@H](O)[C@H](O)[C@H](O)COP(=O)([O-])[O-]. The first-order valence-corrected chi connectivity index (χ1v) is 5.49.